The molecule has 0 atom stereocenters. The minimum atomic E-state index is -0.275. The maximum atomic E-state index is 13.3. The van der Waals surface area contributed by atoms with Gasteiger partial charge in [-0.2, -0.15) is 0 Å². The number of aromatic nitrogens is 1. The predicted octanol–water partition coefficient (Wildman–Crippen LogP) is 2.36. The average Bonchev–Trinajstić information content (AvgIpc) is 2.47. The molecule has 72 valence electrons. The third-order valence-corrected chi connectivity index (χ3v) is 2.39. The summed E-state index contributed by atoms with van der Waals surface area (Å²) in [5.74, 6) is -0.275. The molecule has 1 aromatic heterocycles. The van der Waals surface area contributed by atoms with Crippen molar-refractivity contribution in [2.75, 3.05) is 0 Å². The normalized spacial score (nSPS) is 10.7. The summed E-state index contributed by atoms with van der Waals surface area (Å²) in [5.41, 5.74) is 2.23. The molecule has 0 saturated carbocycles. The molecule has 2 aromatic rings. The molecule has 0 radical (unpaired) electrons. The predicted molar refractivity (Wildman–Crippen MR) is 52.8 cm³/mol. The summed E-state index contributed by atoms with van der Waals surface area (Å²) >= 11 is 0. The van der Waals surface area contributed by atoms with Crippen LogP contribution < -0.4 is 0 Å². The molecule has 0 unspecified atom stereocenters. The summed E-state index contributed by atoms with van der Waals surface area (Å²) in [6.07, 6.45) is 1.16. The number of fused-ring (bicyclic) bond motifs is 1. The first-order valence-electron chi connectivity index (χ1n) is 4.43. The van der Waals surface area contributed by atoms with Gasteiger partial charge in [-0.25, -0.2) is 4.39 Å². The number of nitrogens with one attached hydrogen (secondary N) is 1. The van der Waals surface area contributed by atoms with Crippen LogP contribution in [0.3, 0.4) is 0 Å². The maximum Gasteiger partial charge on any atom is 0.147 e. The van der Waals surface area contributed by atoms with Gasteiger partial charge in [0.15, 0.2) is 0 Å². The number of H-pyrrole nitrogens is 1. The number of rotatable bonds is 2. The highest BCUT2D eigenvalue weighted by Gasteiger charge is 2.09. The van der Waals surface area contributed by atoms with E-state index >= 15 is 0 Å². The van der Waals surface area contributed by atoms with Crippen molar-refractivity contribution in [2.45, 2.75) is 13.3 Å². The Kier molecular flexibility index (Phi) is 2.08. The summed E-state index contributed by atoms with van der Waals surface area (Å²) in [6.45, 7) is 1.85. The molecule has 0 aliphatic heterocycles. The summed E-state index contributed by atoms with van der Waals surface area (Å²) < 4.78 is 13.3. The number of aldehydes is 1. The molecule has 0 fully saturated rings. The van der Waals surface area contributed by atoms with Gasteiger partial charge in [-0.15, -0.1) is 0 Å². The lowest BCUT2D eigenvalue weighted by Crippen LogP contribution is -1.86. The number of para-hydroxylation sites is 1. The second kappa shape index (κ2) is 3.25. The second-order valence-electron chi connectivity index (χ2n) is 3.26. The Morgan fingerprint density at radius 2 is 2.29 bits per heavy atom. The molecule has 14 heavy (non-hydrogen) atoms. The Bertz CT molecular complexity index is 487. The van der Waals surface area contributed by atoms with Crippen LogP contribution in [-0.4, -0.2) is 11.3 Å². The Morgan fingerprint density at radius 1 is 1.50 bits per heavy atom. The van der Waals surface area contributed by atoms with Gasteiger partial charge in [-0.05, 0) is 18.6 Å². The van der Waals surface area contributed by atoms with Crippen LogP contribution in [0, 0.1) is 12.7 Å². The summed E-state index contributed by atoms with van der Waals surface area (Å²) in [5, 5.41) is 0.801. The first kappa shape index (κ1) is 8.94. The van der Waals surface area contributed by atoms with Gasteiger partial charge in [0.05, 0.1) is 5.52 Å². The van der Waals surface area contributed by atoms with Crippen molar-refractivity contribution in [1.82, 2.24) is 4.98 Å². The maximum absolute atomic E-state index is 13.3. The topological polar surface area (TPSA) is 32.9 Å². The van der Waals surface area contributed by atoms with E-state index in [2.05, 4.69) is 4.98 Å². The molecule has 0 saturated heterocycles. The minimum absolute atomic E-state index is 0.275. The van der Waals surface area contributed by atoms with Crippen molar-refractivity contribution in [1.29, 1.82) is 0 Å². The monoisotopic (exact) mass is 191 g/mol. The van der Waals surface area contributed by atoms with Gasteiger partial charge in [0.1, 0.15) is 12.1 Å². The molecular formula is C11H10FNO. The Balaban J connectivity index is 2.76. The highest BCUT2D eigenvalue weighted by Crippen LogP contribution is 2.23. The van der Waals surface area contributed by atoms with Crippen molar-refractivity contribution in [3.05, 3.63) is 35.3 Å². The lowest BCUT2D eigenvalue weighted by molar-refractivity contribution is -0.107. The first-order chi connectivity index (χ1) is 6.74. The number of hydrogen-bond acceptors (Lipinski definition) is 1. The highest BCUT2D eigenvalue weighted by molar-refractivity contribution is 5.87. The molecule has 2 nitrogen and oxygen atoms in total. The van der Waals surface area contributed by atoms with Gasteiger partial charge >= 0.3 is 0 Å². The van der Waals surface area contributed by atoms with Gasteiger partial charge in [0, 0.05) is 17.5 Å². The van der Waals surface area contributed by atoms with Crippen LogP contribution in [0.25, 0.3) is 10.9 Å². The molecule has 0 amide bonds. The third kappa shape index (κ3) is 1.21. The van der Waals surface area contributed by atoms with E-state index in [9.17, 15) is 9.18 Å². The van der Waals surface area contributed by atoms with Gasteiger partial charge in [0.25, 0.3) is 0 Å². The summed E-state index contributed by atoms with van der Waals surface area (Å²) in [6, 6.07) is 4.88. The SMILES string of the molecule is Cc1[nH]c2c(F)cccc2c1CC=O. The molecule has 0 bridgehead atoms. The van der Waals surface area contributed by atoms with Gasteiger partial charge in [0.2, 0.25) is 0 Å². The lowest BCUT2D eigenvalue weighted by atomic mass is 10.1. The quantitative estimate of drug-likeness (QED) is 0.726. The Hall–Kier alpha value is -1.64. The summed E-state index contributed by atoms with van der Waals surface area (Å²) in [7, 11) is 0. The van der Waals surface area contributed by atoms with Crippen LogP contribution in [0.4, 0.5) is 4.39 Å². The van der Waals surface area contributed by atoms with Crippen LogP contribution >= 0.6 is 0 Å². The van der Waals surface area contributed by atoms with Crippen molar-refractivity contribution >= 4 is 17.2 Å². The fourth-order valence-electron chi connectivity index (χ4n) is 1.71. The van der Waals surface area contributed by atoms with Crippen molar-refractivity contribution < 1.29 is 9.18 Å². The van der Waals surface area contributed by atoms with E-state index < -0.39 is 0 Å². The number of carbonyl (C=O) groups is 1. The van der Waals surface area contributed by atoms with Crippen molar-refractivity contribution in [3.63, 3.8) is 0 Å². The molecule has 3 heteroatoms. The number of benzene rings is 1. The molecule has 1 aromatic carbocycles. The zero-order valence-electron chi connectivity index (χ0n) is 7.80. The molecule has 2 rings (SSSR count). The minimum Gasteiger partial charge on any atom is -0.356 e. The van der Waals surface area contributed by atoms with Crippen molar-refractivity contribution in [2.24, 2.45) is 0 Å². The molecule has 0 spiro atoms. The van der Waals surface area contributed by atoms with Crippen LogP contribution in [0.5, 0.6) is 0 Å². The number of carbonyl (C=O) groups excluding carboxylic acids is 1. The first-order valence-corrected chi connectivity index (χ1v) is 4.43. The lowest BCUT2D eigenvalue weighted by Gasteiger charge is -1.94. The standard InChI is InChI=1S/C11H10FNO/c1-7-8(5-6-14)9-3-2-4-10(12)11(9)13-7/h2-4,6,13H,5H2,1H3. The van der Waals surface area contributed by atoms with Gasteiger partial charge in [-0.1, -0.05) is 12.1 Å². The number of aromatic amines is 1. The van der Waals surface area contributed by atoms with E-state index in [4.69, 9.17) is 0 Å². The van der Waals surface area contributed by atoms with Crippen LogP contribution in [0.2, 0.25) is 0 Å². The fraction of sp³-hybridized carbons (Fsp3) is 0.182. The number of halogens is 1. The molecule has 0 aliphatic rings. The van der Waals surface area contributed by atoms with Crippen LogP contribution in [-0.2, 0) is 11.2 Å². The smallest absolute Gasteiger partial charge is 0.147 e. The summed E-state index contributed by atoms with van der Waals surface area (Å²) in [4.78, 5) is 13.4. The van der Waals surface area contributed by atoms with E-state index in [1.54, 1.807) is 6.07 Å². The van der Waals surface area contributed by atoms with E-state index in [-0.39, 0.29) is 5.82 Å². The highest BCUT2D eigenvalue weighted by atomic mass is 19.1. The van der Waals surface area contributed by atoms with E-state index in [0.717, 1.165) is 22.9 Å². The largest absolute Gasteiger partial charge is 0.356 e. The molecule has 0 aliphatic carbocycles. The van der Waals surface area contributed by atoms with Crippen LogP contribution in [0.1, 0.15) is 11.3 Å². The number of aryl methyl sites for hydroxylation is 1. The Morgan fingerprint density at radius 3 is 3.00 bits per heavy atom. The van der Waals surface area contributed by atoms with E-state index in [1.165, 1.54) is 6.07 Å². The zero-order valence-corrected chi connectivity index (χ0v) is 7.80. The molecule has 1 heterocycles. The number of hydrogen-bond donors (Lipinski definition) is 1. The van der Waals surface area contributed by atoms with E-state index in [1.807, 2.05) is 13.0 Å². The average molecular weight is 191 g/mol. The van der Waals surface area contributed by atoms with Crippen LogP contribution in [0.15, 0.2) is 18.2 Å². The van der Waals surface area contributed by atoms with Gasteiger partial charge in [-0.3, -0.25) is 0 Å². The van der Waals surface area contributed by atoms with Crippen molar-refractivity contribution in [3.8, 4) is 0 Å². The van der Waals surface area contributed by atoms with Gasteiger partial charge < -0.3 is 9.78 Å². The molecule has 1 N–H and O–H groups in total. The Labute approximate surface area is 80.7 Å². The third-order valence-electron chi connectivity index (χ3n) is 2.39. The molecular weight excluding hydrogens is 181 g/mol. The zero-order chi connectivity index (χ0) is 10.1. The second-order valence-corrected chi connectivity index (χ2v) is 3.26. The van der Waals surface area contributed by atoms with E-state index in [0.29, 0.717) is 11.9 Å². The fourth-order valence-corrected chi connectivity index (χ4v) is 1.71.